The van der Waals surface area contributed by atoms with Gasteiger partial charge in [0, 0.05) is 24.8 Å². The van der Waals surface area contributed by atoms with Crippen molar-refractivity contribution in [1.82, 2.24) is 20.1 Å². The summed E-state index contributed by atoms with van der Waals surface area (Å²) >= 11 is 5.81. The Labute approximate surface area is 155 Å². The lowest BCUT2D eigenvalue weighted by atomic mass is 10.1. The molecule has 3 rings (SSSR count). The third-order valence-electron chi connectivity index (χ3n) is 4.26. The molecule has 1 fully saturated rings. The number of aromatic hydroxyl groups is 1. The molecule has 0 spiro atoms. The van der Waals surface area contributed by atoms with Gasteiger partial charge in [0.2, 0.25) is 0 Å². The van der Waals surface area contributed by atoms with Gasteiger partial charge in [-0.3, -0.25) is 9.69 Å². The summed E-state index contributed by atoms with van der Waals surface area (Å²) in [5.74, 6) is -0.255. The highest BCUT2D eigenvalue weighted by Gasteiger charge is 2.22. The summed E-state index contributed by atoms with van der Waals surface area (Å²) < 4.78 is 0. The maximum Gasteiger partial charge on any atom is 0.317 e. The predicted octanol–water partition coefficient (Wildman–Crippen LogP) is 2.17. The number of aromatic nitrogens is 3. The van der Waals surface area contributed by atoms with Gasteiger partial charge in [0.15, 0.2) is 0 Å². The first-order chi connectivity index (χ1) is 12.4. The standard InChI is InChI=1S/C17H20ClN5O3/c1-10-5-14(20-12-3-2-4-23(8-12)9-15(25)26)21-22-16(10)17-13(24)6-11(18)7-19-17/h5-7,12,24H,2-4,8-9H2,1H3,(H,20,21)(H,25,26). The Kier molecular flexibility index (Phi) is 5.53. The number of pyridine rings is 1. The molecule has 9 heteroatoms. The number of carbonyl (C=O) groups is 1. The fraction of sp³-hybridized carbons (Fsp3) is 0.412. The monoisotopic (exact) mass is 377 g/mol. The van der Waals surface area contributed by atoms with E-state index in [2.05, 4.69) is 20.5 Å². The van der Waals surface area contributed by atoms with E-state index in [1.54, 1.807) is 0 Å². The van der Waals surface area contributed by atoms with Gasteiger partial charge in [-0.05, 0) is 37.9 Å². The van der Waals surface area contributed by atoms with E-state index in [1.807, 2.05) is 17.9 Å². The summed E-state index contributed by atoms with van der Waals surface area (Å²) in [4.78, 5) is 16.9. The number of hydrogen-bond donors (Lipinski definition) is 3. The average Bonchev–Trinajstić information content (AvgIpc) is 2.56. The molecule has 0 bridgehead atoms. The molecule has 0 aromatic carbocycles. The van der Waals surface area contributed by atoms with Crippen molar-refractivity contribution in [3.63, 3.8) is 0 Å². The third kappa shape index (κ3) is 4.39. The van der Waals surface area contributed by atoms with Gasteiger partial charge in [0.1, 0.15) is 23.0 Å². The molecular formula is C17H20ClN5O3. The number of nitrogens with zero attached hydrogens (tertiary/aromatic N) is 4. The fourth-order valence-corrected chi connectivity index (χ4v) is 3.27. The molecule has 1 saturated heterocycles. The highest BCUT2D eigenvalue weighted by Crippen LogP contribution is 2.30. The zero-order valence-electron chi connectivity index (χ0n) is 14.3. The lowest BCUT2D eigenvalue weighted by Crippen LogP contribution is -2.44. The summed E-state index contributed by atoms with van der Waals surface area (Å²) in [5.41, 5.74) is 1.63. The van der Waals surface area contributed by atoms with E-state index in [0.29, 0.717) is 28.8 Å². The van der Waals surface area contributed by atoms with Crippen LogP contribution in [-0.4, -0.2) is 61.9 Å². The van der Waals surface area contributed by atoms with Crippen molar-refractivity contribution < 1.29 is 15.0 Å². The maximum absolute atomic E-state index is 10.9. The van der Waals surface area contributed by atoms with E-state index in [-0.39, 0.29) is 18.3 Å². The number of carboxylic acid groups (broad SMARTS) is 1. The number of rotatable bonds is 5. The molecule has 1 aliphatic heterocycles. The van der Waals surface area contributed by atoms with Gasteiger partial charge in [-0.1, -0.05) is 11.6 Å². The minimum Gasteiger partial charge on any atom is -0.506 e. The van der Waals surface area contributed by atoms with Crippen molar-refractivity contribution in [3.05, 3.63) is 28.9 Å². The van der Waals surface area contributed by atoms with E-state index in [4.69, 9.17) is 16.7 Å². The second kappa shape index (κ2) is 7.84. The number of carboxylic acids is 1. The first-order valence-electron chi connectivity index (χ1n) is 8.32. The second-order valence-electron chi connectivity index (χ2n) is 6.39. The molecular weight excluding hydrogens is 358 g/mol. The predicted molar refractivity (Wildman–Crippen MR) is 97.4 cm³/mol. The maximum atomic E-state index is 10.9. The number of aryl methyl sites for hydroxylation is 1. The van der Waals surface area contributed by atoms with E-state index < -0.39 is 5.97 Å². The second-order valence-corrected chi connectivity index (χ2v) is 6.83. The Morgan fingerprint density at radius 1 is 1.38 bits per heavy atom. The Hall–Kier alpha value is -2.45. The topological polar surface area (TPSA) is 111 Å². The lowest BCUT2D eigenvalue weighted by Gasteiger charge is -2.32. The molecule has 1 aliphatic rings. The minimum atomic E-state index is -0.819. The van der Waals surface area contributed by atoms with Crippen LogP contribution in [0.15, 0.2) is 18.3 Å². The fourth-order valence-electron chi connectivity index (χ4n) is 3.12. The summed E-state index contributed by atoms with van der Waals surface area (Å²) in [7, 11) is 0. The SMILES string of the molecule is Cc1cc(NC2CCCN(CC(=O)O)C2)nnc1-c1ncc(Cl)cc1O. The van der Waals surface area contributed by atoms with E-state index >= 15 is 0 Å². The van der Waals surface area contributed by atoms with Crippen LogP contribution in [0.3, 0.4) is 0 Å². The summed E-state index contributed by atoms with van der Waals surface area (Å²) in [6, 6.07) is 3.37. The van der Waals surface area contributed by atoms with E-state index in [0.717, 1.165) is 24.9 Å². The molecule has 0 radical (unpaired) electrons. The van der Waals surface area contributed by atoms with E-state index in [9.17, 15) is 9.90 Å². The summed E-state index contributed by atoms with van der Waals surface area (Å²) in [6.07, 6.45) is 3.32. The first kappa shape index (κ1) is 18.3. The third-order valence-corrected chi connectivity index (χ3v) is 4.47. The summed E-state index contributed by atoms with van der Waals surface area (Å²) in [6.45, 7) is 3.34. The van der Waals surface area contributed by atoms with Gasteiger partial charge in [-0.2, -0.15) is 0 Å². The van der Waals surface area contributed by atoms with Crippen LogP contribution in [0.2, 0.25) is 5.02 Å². The van der Waals surface area contributed by atoms with Crippen molar-refractivity contribution in [2.24, 2.45) is 0 Å². The number of aliphatic carboxylic acids is 1. The Bertz CT molecular complexity index is 817. The van der Waals surface area contributed by atoms with Crippen LogP contribution in [0, 0.1) is 6.92 Å². The van der Waals surface area contributed by atoms with Gasteiger partial charge in [0.05, 0.1) is 11.6 Å². The van der Waals surface area contributed by atoms with Crippen LogP contribution >= 0.6 is 11.6 Å². The van der Waals surface area contributed by atoms with Crippen LogP contribution in [0.5, 0.6) is 5.75 Å². The molecule has 138 valence electrons. The Balaban J connectivity index is 1.72. The quantitative estimate of drug-likeness (QED) is 0.726. The number of halogens is 1. The smallest absolute Gasteiger partial charge is 0.317 e. The minimum absolute atomic E-state index is 0.0450. The molecule has 2 aromatic heterocycles. The molecule has 0 aliphatic carbocycles. The largest absolute Gasteiger partial charge is 0.506 e. The van der Waals surface area contributed by atoms with Crippen molar-refractivity contribution in [2.45, 2.75) is 25.8 Å². The van der Waals surface area contributed by atoms with Crippen LogP contribution < -0.4 is 5.32 Å². The lowest BCUT2D eigenvalue weighted by molar-refractivity contribution is -0.138. The van der Waals surface area contributed by atoms with Gasteiger partial charge in [0.25, 0.3) is 0 Å². The van der Waals surface area contributed by atoms with Crippen molar-refractivity contribution in [1.29, 1.82) is 0 Å². The van der Waals surface area contributed by atoms with Crippen molar-refractivity contribution in [3.8, 4) is 17.1 Å². The molecule has 26 heavy (non-hydrogen) atoms. The van der Waals surface area contributed by atoms with Crippen LogP contribution in [0.25, 0.3) is 11.4 Å². The van der Waals surface area contributed by atoms with E-state index in [1.165, 1.54) is 12.3 Å². The van der Waals surface area contributed by atoms with Crippen molar-refractivity contribution >= 4 is 23.4 Å². The van der Waals surface area contributed by atoms with Crippen molar-refractivity contribution in [2.75, 3.05) is 25.0 Å². The number of anilines is 1. The number of nitrogens with one attached hydrogen (secondary N) is 1. The zero-order chi connectivity index (χ0) is 18.7. The van der Waals surface area contributed by atoms with Gasteiger partial charge in [-0.15, -0.1) is 10.2 Å². The van der Waals surface area contributed by atoms with Crippen LogP contribution in [0.4, 0.5) is 5.82 Å². The van der Waals surface area contributed by atoms with Crippen LogP contribution in [-0.2, 0) is 4.79 Å². The summed E-state index contributed by atoms with van der Waals surface area (Å²) in [5, 5.41) is 31.0. The first-order valence-corrected chi connectivity index (χ1v) is 8.70. The molecule has 0 saturated carbocycles. The highest BCUT2D eigenvalue weighted by atomic mass is 35.5. The molecule has 8 nitrogen and oxygen atoms in total. The Morgan fingerprint density at radius 3 is 2.88 bits per heavy atom. The molecule has 3 heterocycles. The Morgan fingerprint density at radius 2 is 2.19 bits per heavy atom. The van der Waals surface area contributed by atoms with Gasteiger partial charge in [-0.25, -0.2) is 4.98 Å². The number of likely N-dealkylation sites (tertiary alicyclic amines) is 1. The van der Waals surface area contributed by atoms with Gasteiger partial charge >= 0.3 is 5.97 Å². The number of piperidine rings is 1. The zero-order valence-corrected chi connectivity index (χ0v) is 15.1. The molecule has 0 amide bonds. The average molecular weight is 378 g/mol. The molecule has 3 N–H and O–H groups in total. The molecule has 1 atom stereocenters. The molecule has 2 aromatic rings. The highest BCUT2D eigenvalue weighted by molar-refractivity contribution is 6.30. The molecule has 1 unspecified atom stereocenters. The van der Waals surface area contributed by atoms with Gasteiger partial charge < -0.3 is 15.5 Å². The normalized spacial score (nSPS) is 17.8. The number of hydrogen-bond acceptors (Lipinski definition) is 7. The van der Waals surface area contributed by atoms with Crippen LogP contribution in [0.1, 0.15) is 18.4 Å².